The van der Waals surface area contributed by atoms with Crippen LogP contribution in [0.2, 0.25) is 0 Å². The van der Waals surface area contributed by atoms with Gasteiger partial charge in [0.15, 0.2) is 0 Å². The third kappa shape index (κ3) is 6.28. The number of rotatable bonds is 4. The molecule has 1 aromatic heterocycles. The molecular weight excluding hydrogens is 487 g/mol. The molecule has 5 rings (SSSR count). The van der Waals surface area contributed by atoms with Crippen molar-refractivity contribution in [3.63, 3.8) is 0 Å². The van der Waals surface area contributed by atoms with Gasteiger partial charge in [-0.2, -0.15) is 0 Å². The summed E-state index contributed by atoms with van der Waals surface area (Å²) < 4.78 is 15.4. The van der Waals surface area contributed by atoms with Crippen molar-refractivity contribution in [3.05, 3.63) is 78.4 Å². The molecule has 0 unspecified atom stereocenters. The molecule has 1 aliphatic heterocycles. The predicted molar refractivity (Wildman–Crippen MR) is 122 cm³/mol. The number of anilines is 1. The normalized spacial score (nSPS) is 13.8. The zero-order valence-electron chi connectivity index (χ0n) is 19.6. The second kappa shape index (κ2) is 11.7. The number of nitrogens with zero attached hydrogens (tertiary/aromatic N) is 3. The Morgan fingerprint density at radius 1 is 0.829 bits per heavy atom. The van der Waals surface area contributed by atoms with Crippen molar-refractivity contribution in [1.29, 1.82) is 0 Å². The number of aromatic nitrogens is 1. The van der Waals surface area contributed by atoms with Crippen LogP contribution in [-0.4, -0.2) is 42.0 Å². The van der Waals surface area contributed by atoms with E-state index in [1.165, 1.54) is 12.1 Å². The first kappa shape index (κ1) is 28.1. The minimum Gasteiger partial charge on any atom is -0.780 e. The Bertz CT molecular complexity index is 1350. The molecule has 3 aromatic carbocycles. The summed E-state index contributed by atoms with van der Waals surface area (Å²) in [5, 5.41) is 1.65. The van der Waals surface area contributed by atoms with Crippen molar-refractivity contribution in [1.82, 2.24) is 9.88 Å². The molecular formula is C24H20N3Na2O5P. The summed E-state index contributed by atoms with van der Waals surface area (Å²) in [4.78, 5) is 44.0. The van der Waals surface area contributed by atoms with Crippen LogP contribution in [0.4, 0.5) is 5.69 Å². The third-order valence-electron chi connectivity index (χ3n) is 5.77. The van der Waals surface area contributed by atoms with Gasteiger partial charge >= 0.3 is 59.1 Å². The minimum atomic E-state index is -5.12. The number of carbonyl (C=O) groups excluding carboxylic acids is 1. The number of amides is 1. The van der Waals surface area contributed by atoms with Gasteiger partial charge in [0.05, 0.1) is 16.6 Å². The zero-order valence-corrected chi connectivity index (χ0v) is 24.5. The molecule has 8 nitrogen and oxygen atoms in total. The number of phosphoric ester groups is 1. The van der Waals surface area contributed by atoms with Gasteiger partial charge in [0.2, 0.25) is 0 Å². The molecule has 1 fully saturated rings. The van der Waals surface area contributed by atoms with Gasteiger partial charge in [-0.15, -0.1) is 0 Å². The molecule has 0 N–H and O–H groups in total. The third-order valence-corrected chi connectivity index (χ3v) is 6.20. The molecule has 1 saturated heterocycles. The predicted octanol–water partition coefficient (Wildman–Crippen LogP) is -3.43. The first-order chi connectivity index (χ1) is 15.9. The van der Waals surface area contributed by atoms with Crippen molar-refractivity contribution in [2.24, 2.45) is 0 Å². The maximum atomic E-state index is 13.6. The van der Waals surface area contributed by atoms with Gasteiger partial charge in [0.25, 0.3) is 5.91 Å². The van der Waals surface area contributed by atoms with Crippen LogP contribution in [0.1, 0.15) is 10.4 Å². The average molecular weight is 507 g/mol. The number of phosphoric acid groups is 1. The number of para-hydroxylation sites is 2. The maximum Gasteiger partial charge on any atom is 1.00 e. The molecule has 0 bridgehead atoms. The Balaban J connectivity index is 0.00000171. The van der Waals surface area contributed by atoms with Crippen LogP contribution in [0, 0.1) is 0 Å². The van der Waals surface area contributed by atoms with E-state index in [1.54, 1.807) is 6.07 Å². The summed E-state index contributed by atoms with van der Waals surface area (Å²) in [6, 6.07) is 21.7. The van der Waals surface area contributed by atoms with Crippen molar-refractivity contribution >= 4 is 41.2 Å². The Kier molecular flexibility index (Phi) is 9.43. The van der Waals surface area contributed by atoms with Crippen molar-refractivity contribution in [2.75, 3.05) is 31.1 Å². The topological polar surface area (TPSA) is 109 Å². The van der Waals surface area contributed by atoms with Gasteiger partial charge in [-0.05, 0) is 24.3 Å². The average Bonchev–Trinajstić information content (AvgIpc) is 2.81. The van der Waals surface area contributed by atoms with Crippen LogP contribution >= 0.6 is 7.82 Å². The standard InChI is InChI=1S/C24H22N3O5P.2Na/c28-24(23-19-8-1-3-10-21(19)25-22-11-4-2-9-20(22)23)27-14-12-26(13-15-27)17-6-5-7-18(16-17)32-33(29,30)31;;/h1-11,16H,12-15H2,(H2,29,30,31);;/q;2*+1/p-2. The van der Waals surface area contributed by atoms with Crippen LogP contribution in [0.25, 0.3) is 21.8 Å². The van der Waals surface area contributed by atoms with E-state index >= 15 is 0 Å². The smallest absolute Gasteiger partial charge is 0.780 e. The summed E-state index contributed by atoms with van der Waals surface area (Å²) in [6.45, 7) is 2.11. The van der Waals surface area contributed by atoms with Crippen LogP contribution in [-0.2, 0) is 4.57 Å². The Morgan fingerprint density at radius 3 is 1.97 bits per heavy atom. The van der Waals surface area contributed by atoms with Gasteiger partial charge in [0.1, 0.15) is 13.6 Å². The van der Waals surface area contributed by atoms with E-state index in [-0.39, 0.29) is 70.8 Å². The van der Waals surface area contributed by atoms with E-state index in [9.17, 15) is 19.1 Å². The Morgan fingerprint density at radius 2 is 1.40 bits per heavy atom. The summed E-state index contributed by atoms with van der Waals surface area (Å²) in [5.74, 6) is -0.0609. The van der Waals surface area contributed by atoms with E-state index in [4.69, 9.17) is 4.98 Å². The summed E-state index contributed by atoms with van der Waals surface area (Å²) in [6.07, 6.45) is 0. The molecule has 11 heteroatoms. The van der Waals surface area contributed by atoms with Gasteiger partial charge in [-0.25, -0.2) is 4.98 Å². The quantitative estimate of drug-likeness (QED) is 0.161. The fraction of sp³-hybridized carbons (Fsp3) is 0.167. The van der Waals surface area contributed by atoms with E-state index in [0.717, 1.165) is 27.5 Å². The molecule has 2 heterocycles. The van der Waals surface area contributed by atoms with E-state index in [0.29, 0.717) is 31.7 Å². The summed E-state index contributed by atoms with van der Waals surface area (Å²) in [5.41, 5.74) is 2.95. The molecule has 0 spiro atoms. The Labute approximate surface area is 247 Å². The molecule has 1 amide bonds. The maximum absolute atomic E-state index is 13.6. The number of piperazine rings is 1. The molecule has 0 radical (unpaired) electrons. The van der Waals surface area contributed by atoms with Gasteiger partial charge in [-0.1, -0.05) is 42.5 Å². The monoisotopic (exact) mass is 507 g/mol. The van der Waals surface area contributed by atoms with Crippen LogP contribution in [0.3, 0.4) is 0 Å². The number of carbonyl (C=O) groups is 1. The number of pyridine rings is 1. The molecule has 0 atom stereocenters. The van der Waals surface area contributed by atoms with E-state index in [1.807, 2.05) is 64.4 Å². The fourth-order valence-corrected chi connectivity index (χ4v) is 4.63. The minimum absolute atomic E-state index is 0. The van der Waals surface area contributed by atoms with Crippen LogP contribution in [0.5, 0.6) is 5.75 Å². The van der Waals surface area contributed by atoms with Gasteiger partial charge < -0.3 is 28.7 Å². The second-order valence-corrected chi connectivity index (χ2v) is 8.91. The van der Waals surface area contributed by atoms with Gasteiger partial charge in [0, 0.05) is 48.7 Å². The SMILES string of the molecule is O=C(c1c2ccccc2nc2ccccc12)N1CCN(c2cccc(OP(=O)([O-])[O-])c2)CC1.[Na+].[Na+]. The first-order valence-corrected chi connectivity index (χ1v) is 12.0. The van der Waals surface area contributed by atoms with Crippen molar-refractivity contribution in [2.45, 2.75) is 0 Å². The van der Waals surface area contributed by atoms with Crippen LogP contribution < -0.4 is 78.3 Å². The van der Waals surface area contributed by atoms with Crippen LogP contribution in [0.15, 0.2) is 72.8 Å². The number of fused-ring (bicyclic) bond motifs is 2. The summed E-state index contributed by atoms with van der Waals surface area (Å²) in [7, 11) is -5.12. The molecule has 0 saturated carbocycles. The number of benzene rings is 3. The van der Waals surface area contributed by atoms with Gasteiger partial charge in [-0.3, -0.25) is 4.79 Å². The van der Waals surface area contributed by atoms with Crippen molar-refractivity contribution in [3.8, 4) is 5.75 Å². The van der Waals surface area contributed by atoms with E-state index in [2.05, 4.69) is 4.52 Å². The molecule has 1 aliphatic rings. The second-order valence-electron chi connectivity index (χ2n) is 7.84. The molecule has 0 aliphatic carbocycles. The first-order valence-electron chi connectivity index (χ1n) is 10.5. The van der Waals surface area contributed by atoms with E-state index < -0.39 is 7.82 Å². The number of hydrogen-bond donors (Lipinski definition) is 0. The Hall–Kier alpha value is -1.45. The number of hydrogen-bond acceptors (Lipinski definition) is 7. The largest absolute Gasteiger partial charge is 1.00 e. The molecule has 4 aromatic rings. The summed E-state index contributed by atoms with van der Waals surface area (Å²) >= 11 is 0. The zero-order chi connectivity index (χ0) is 23.0. The molecule has 168 valence electrons. The molecule has 35 heavy (non-hydrogen) atoms. The van der Waals surface area contributed by atoms with Crippen molar-refractivity contribution < 1.29 is 82.8 Å². The fourth-order valence-electron chi connectivity index (χ4n) is 4.26.